The SMILES string of the molecule is O=C(O)C1CCCCC1CNCCc1ccccc1. The van der Waals surface area contributed by atoms with E-state index in [2.05, 4.69) is 29.6 Å². The Bertz CT molecular complexity index is 391. The van der Waals surface area contributed by atoms with E-state index in [1.165, 1.54) is 12.0 Å². The minimum absolute atomic E-state index is 0.141. The number of carboxylic acids is 1. The number of carboxylic acid groups (broad SMARTS) is 1. The molecule has 3 heteroatoms. The Hall–Kier alpha value is -1.35. The molecule has 0 saturated heterocycles. The van der Waals surface area contributed by atoms with Crippen molar-refractivity contribution in [1.29, 1.82) is 0 Å². The molecule has 2 N–H and O–H groups in total. The summed E-state index contributed by atoms with van der Waals surface area (Å²) < 4.78 is 0. The van der Waals surface area contributed by atoms with Gasteiger partial charge in [0.15, 0.2) is 0 Å². The lowest BCUT2D eigenvalue weighted by molar-refractivity contribution is -0.144. The molecule has 0 spiro atoms. The second kappa shape index (κ2) is 7.29. The van der Waals surface area contributed by atoms with Gasteiger partial charge in [-0.25, -0.2) is 0 Å². The predicted molar refractivity (Wildman–Crippen MR) is 76.1 cm³/mol. The molecular formula is C16H23NO2. The zero-order valence-electron chi connectivity index (χ0n) is 11.3. The van der Waals surface area contributed by atoms with Crippen LogP contribution in [-0.4, -0.2) is 24.2 Å². The third kappa shape index (κ3) is 4.35. The van der Waals surface area contributed by atoms with Gasteiger partial charge in [-0.3, -0.25) is 4.79 Å². The smallest absolute Gasteiger partial charge is 0.306 e. The van der Waals surface area contributed by atoms with Crippen molar-refractivity contribution in [2.75, 3.05) is 13.1 Å². The average Bonchev–Trinajstić information content (AvgIpc) is 2.45. The first kappa shape index (κ1) is 14.1. The summed E-state index contributed by atoms with van der Waals surface area (Å²) in [5, 5.41) is 12.6. The number of hydrogen-bond acceptors (Lipinski definition) is 2. The summed E-state index contributed by atoms with van der Waals surface area (Å²) in [5.41, 5.74) is 1.33. The third-order valence-electron chi connectivity index (χ3n) is 4.07. The van der Waals surface area contributed by atoms with Crippen LogP contribution in [0.15, 0.2) is 30.3 Å². The van der Waals surface area contributed by atoms with E-state index >= 15 is 0 Å². The van der Waals surface area contributed by atoms with E-state index in [0.717, 1.165) is 38.8 Å². The monoisotopic (exact) mass is 261 g/mol. The molecule has 1 aromatic rings. The fraction of sp³-hybridized carbons (Fsp3) is 0.562. The topological polar surface area (TPSA) is 49.3 Å². The van der Waals surface area contributed by atoms with Crippen LogP contribution >= 0.6 is 0 Å². The van der Waals surface area contributed by atoms with Gasteiger partial charge in [0.2, 0.25) is 0 Å². The Morgan fingerprint density at radius 3 is 2.68 bits per heavy atom. The van der Waals surface area contributed by atoms with Crippen molar-refractivity contribution in [3.63, 3.8) is 0 Å². The number of nitrogens with one attached hydrogen (secondary N) is 1. The van der Waals surface area contributed by atoms with Crippen LogP contribution < -0.4 is 5.32 Å². The van der Waals surface area contributed by atoms with Gasteiger partial charge in [-0.15, -0.1) is 0 Å². The lowest BCUT2D eigenvalue weighted by Crippen LogP contribution is -2.35. The molecule has 2 rings (SSSR count). The average molecular weight is 261 g/mol. The van der Waals surface area contributed by atoms with Crippen LogP contribution in [-0.2, 0) is 11.2 Å². The minimum atomic E-state index is -0.616. The highest BCUT2D eigenvalue weighted by molar-refractivity contribution is 5.70. The molecule has 1 aromatic carbocycles. The van der Waals surface area contributed by atoms with Crippen LogP contribution in [0.1, 0.15) is 31.2 Å². The molecule has 0 radical (unpaired) electrons. The molecule has 0 aromatic heterocycles. The molecule has 0 heterocycles. The Kier molecular flexibility index (Phi) is 5.40. The van der Waals surface area contributed by atoms with Crippen molar-refractivity contribution in [2.24, 2.45) is 11.8 Å². The molecule has 1 aliphatic carbocycles. The molecule has 19 heavy (non-hydrogen) atoms. The quantitative estimate of drug-likeness (QED) is 0.774. The number of benzene rings is 1. The molecule has 0 bridgehead atoms. The normalized spacial score (nSPS) is 23.2. The molecule has 2 unspecified atom stereocenters. The molecule has 1 aliphatic rings. The maximum atomic E-state index is 11.2. The maximum Gasteiger partial charge on any atom is 0.306 e. The first-order chi connectivity index (χ1) is 9.27. The van der Waals surface area contributed by atoms with Crippen molar-refractivity contribution >= 4 is 5.97 Å². The standard InChI is InChI=1S/C16H23NO2/c18-16(19)15-9-5-4-8-14(15)12-17-11-10-13-6-2-1-3-7-13/h1-3,6-7,14-15,17H,4-5,8-12H2,(H,18,19). The fourth-order valence-electron chi connectivity index (χ4n) is 2.94. The lowest BCUT2D eigenvalue weighted by atomic mass is 9.79. The van der Waals surface area contributed by atoms with Gasteiger partial charge in [0.25, 0.3) is 0 Å². The van der Waals surface area contributed by atoms with Crippen molar-refractivity contribution in [1.82, 2.24) is 5.32 Å². The molecule has 3 nitrogen and oxygen atoms in total. The summed E-state index contributed by atoms with van der Waals surface area (Å²) in [7, 11) is 0. The largest absolute Gasteiger partial charge is 0.481 e. The van der Waals surface area contributed by atoms with E-state index in [9.17, 15) is 9.90 Å². The molecule has 0 amide bonds. The van der Waals surface area contributed by atoms with Gasteiger partial charge in [-0.1, -0.05) is 43.2 Å². The predicted octanol–water partition coefficient (Wildman–Crippen LogP) is 2.71. The molecule has 1 saturated carbocycles. The van der Waals surface area contributed by atoms with E-state index in [0.29, 0.717) is 5.92 Å². The highest BCUT2D eigenvalue weighted by atomic mass is 16.4. The summed E-state index contributed by atoms with van der Waals surface area (Å²) in [4.78, 5) is 11.2. The van der Waals surface area contributed by atoms with Gasteiger partial charge in [0.1, 0.15) is 0 Å². The van der Waals surface area contributed by atoms with Gasteiger partial charge in [-0.05, 0) is 43.8 Å². The Labute approximate surface area is 115 Å². The highest BCUT2D eigenvalue weighted by Crippen LogP contribution is 2.29. The van der Waals surface area contributed by atoms with Gasteiger partial charge < -0.3 is 10.4 Å². The van der Waals surface area contributed by atoms with Crippen LogP contribution in [0.3, 0.4) is 0 Å². The van der Waals surface area contributed by atoms with Crippen molar-refractivity contribution in [3.8, 4) is 0 Å². The van der Waals surface area contributed by atoms with Crippen LogP contribution in [0.4, 0.5) is 0 Å². The van der Waals surface area contributed by atoms with Crippen LogP contribution in [0.25, 0.3) is 0 Å². The van der Waals surface area contributed by atoms with E-state index < -0.39 is 5.97 Å². The highest BCUT2D eigenvalue weighted by Gasteiger charge is 2.30. The summed E-state index contributed by atoms with van der Waals surface area (Å²) in [6, 6.07) is 10.4. The zero-order chi connectivity index (χ0) is 13.5. The summed E-state index contributed by atoms with van der Waals surface area (Å²) in [5.74, 6) is -0.449. The first-order valence-electron chi connectivity index (χ1n) is 7.25. The fourth-order valence-corrected chi connectivity index (χ4v) is 2.94. The van der Waals surface area contributed by atoms with E-state index in [4.69, 9.17) is 0 Å². The van der Waals surface area contributed by atoms with E-state index in [1.54, 1.807) is 0 Å². The number of carbonyl (C=O) groups is 1. The minimum Gasteiger partial charge on any atom is -0.481 e. The molecule has 2 atom stereocenters. The van der Waals surface area contributed by atoms with Crippen LogP contribution in [0.5, 0.6) is 0 Å². The summed E-state index contributed by atoms with van der Waals surface area (Å²) in [6.07, 6.45) is 5.15. The van der Waals surface area contributed by atoms with Gasteiger partial charge in [0, 0.05) is 0 Å². The lowest BCUT2D eigenvalue weighted by Gasteiger charge is -2.28. The van der Waals surface area contributed by atoms with E-state index in [-0.39, 0.29) is 5.92 Å². The molecule has 1 fully saturated rings. The molecular weight excluding hydrogens is 238 g/mol. The van der Waals surface area contributed by atoms with Gasteiger partial charge >= 0.3 is 5.97 Å². The molecule has 104 valence electrons. The molecule has 0 aliphatic heterocycles. The maximum absolute atomic E-state index is 11.2. The van der Waals surface area contributed by atoms with Crippen molar-refractivity contribution in [2.45, 2.75) is 32.1 Å². The second-order valence-electron chi connectivity index (χ2n) is 5.43. The number of aliphatic carboxylic acids is 1. The van der Waals surface area contributed by atoms with E-state index in [1.807, 2.05) is 6.07 Å². The zero-order valence-corrected chi connectivity index (χ0v) is 11.3. The Morgan fingerprint density at radius 2 is 1.95 bits per heavy atom. The Morgan fingerprint density at radius 1 is 1.21 bits per heavy atom. The summed E-state index contributed by atoms with van der Waals surface area (Å²) >= 11 is 0. The Balaban J connectivity index is 1.71. The van der Waals surface area contributed by atoms with Crippen molar-refractivity contribution in [3.05, 3.63) is 35.9 Å². The van der Waals surface area contributed by atoms with Gasteiger partial charge in [0.05, 0.1) is 5.92 Å². The first-order valence-corrected chi connectivity index (χ1v) is 7.25. The third-order valence-corrected chi connectivity index (χ3v) is 4.07. The second-order valence-corrected chi connectivity index (χ2v) is 5.43. The van der Waals surface area contributed by atoms with Crippen LogP contribution in [0, 0.1) is 11.8 Å². The van der Waals surface area contributed by atoms with Crippen LogP contribution in [0.2, 0.25) is 0 Å². The summed E-state index contributed by atoms with van der Waals surface area (Å²) in [6.45, 7) is 1.76. The van der Waals surface area contributed by atoms with Crippen molar-refractivity contribution < 1.29 is 9.90 Å². The number of hydrogen-bond donors (Lipinski definition) is 2. The number of rotatable bonds is 6. The van der Waals surface area contributed by atoms with Gasteiger partial charge in [-0.2, -0.15) is 0 Å².